The number of carbonyl (C=O) groups is 1. The monoisotopic (exact) mass is 300 g/mol. The van der Waals surface area contributed by atoms with E-state index in [9.17, 15) is 4.79 Å². The van der Waals surface area contributed by atoms with Crippen LogP contribution in [0.1, 0.15) is 19.3 Å². The average Bonchev–Trinajstić information content (AvgIpc) is 2.39. The van der Waals surface area contributed by atoms with Crippen LogP contribution in [0.5, 0.6) is 0 Å². The molecule has 1 aliphatic rings. The minimum absolute atomic E-state index is 0.136. The van der Waals surface area contributed by atoms with Gasteiger partial charge < -0.3 is 10.6 Å². The zero-order valence-electron chi connectivity index (χ0n) is 11.6. The molecule has 0 heterocycles. The van der Waals surface area contributed by atoms with Gasteiger partial charge in [-0.3, -0.25) is 4.79 Å². The summed E-state index contributed by atoms with van der Waals surface area (Å²) >= 11 is 5.95. The van der Waals surface area contributed by atoms with E-state index in [0.29, 0.717) is 5.02 Å². The third-order valence-corrected chi connectivity index (χ3v) is 3.98. The molecule has 0 radical (unpaired) electrons. The van der Waals surface area contributed by atoms with Crippen LogP contribution in [-0.4, -0.2) is 5.91 Å². The van der Waals surface area contributed by atoms with Gasteiger partial charge in [0.1, 0.15) is 0 Å². The maximum Gasteiger partial charge on any atom is 0.227 e. The lowest BCUT2D eigenvalue weighted by Crippen LogP contribution is -2.27. The first-order valence-electron chi connectivity index (χ1n) is 7.14. The number of benzene rings is 2. The first-order chi connectivity index (χ1) is 10.2. The summed E-state index contributed by atoms with van der Waals surface area (Å²) in [5.41, 5.74) is 2.73. The van der Waals surface area contributed by atoms with E-state index in [2.05, 4.69) is 10.6 Å². The van der Waals surface area contributed by atoms with Gasteiger partial charge >= 0.3 is 0 Å². The van der Waals surface area contributed by atoms with Crippen LogP contribution in [-0.2, 0) is 4.79 Å². The molecule has 3 rings (SSSR count). The van der Waals surface area contributed by atoms with Crippen LogP contribution in [0.3, 0.4) is 0 Å². The zero-order chi connectivity index (χ0) is 14.7. The third-order valence-electron chi connectivity index (χ3n) is 3.74. The van der Waals surface area contributed by atoms with E-state index < -0.39 is 0 Å². The van der Waals surface area contributed by atoms with Gasteiger partial charge in [-0.2, -0.15) is 0 Å². The quantitative estimate of drug-likeness (QED) is 0.849. The van der Waals surface area contributed by atoms with E-state index >= 15 is 0 Å². The fourth-order valence-electron chi connectivity index (χ4n) is 2.28. The number of amides is 1. The van der Waals surface area contributed by atoms with E-state index in [-0.39, 0.29) is 11.8 Å². The van der Waals surface area contributed by atoms with Crippen molar-refractivity contribution >= 4 is 34.6 Å². The van der Waals surface area contributed by atoms with Crippen LogP contribution in [0, 0.1) is 5.92 Å². The van der Waals surface area contributed by atoms with Crippen molar-refractivity contribution in [3.05, 3.63) is 53.6 Å². The topological polar surface area (TPSA) is 41.1 Å². The molecule has 0 aromatic heterocycles. The summed E-state index contributed by atoms with van der Waals surface area (Å²) in [6, 6.07) is 15.3. The van der Waals surface area contributed by atoms with Crippen molar-refractivity contribution in [2.24, 2.45) is 5.92 Å². The van der Waals surface area contributed by atoms with E-state index in [0.717, 1.165) is 29.9 Å². The Kier molecular flexibility index (Phi) is 4.11. The lowest BCUT2D eigenvalue weighted by molar-refractivity contribution is -0.122. The highest BCUT2D eigenvalue weighted by Crippen LogP contribution is 2.28. The number of halogens is 1. The lowest BCUT2D eigenvalue weighted by atomic mass is 9.85. The molecule has 1 saturated carbocycles. The predicted molar refractivity (Wildman–Crippen MR) is 87.1 cm³/mol. The van der Waals surface area contributed by atoms with Crippen LogP contribution in [0.15, 0.2) is 48.5 Å². The third kappa shape index (κ3) is 3.56. The Morgan fingerprint density at radius 3 is 2.33 bits per heavy atom. The molecule has 0 bridgehead atoms. The molecule has 0 aliphatic heterocycles. The van der Waals surface area contributed by atoms with Crippen molar-refractivity contribution in [3.8, 4) is 0 Å². The minimum atomic E-state index is 0.136. The molecule has 1 aliphatic carbocycles. The smallest absolute Gasteiger partial charge is 0.227 e. The van der Waals surface area contributed by atoms with Crippen molar-refractivity contribution in [2.75, 3.05) is 10.6 Å². The summed E-state index contributed by atoms with van der Waals surface area (Å²) in [4.78, 5) is 11.9. The van der Waals surface area contributed by atoms with Crippen molar-refractivity contribution in [1.29, 1.82) is 0 Å². The average molecular weight is 301 g/mol. The summed E-state index contributed by atoms with van der Waals surface area (Å²) in [5.74, 6) is 0.339. The van der Waals surface area contributed by atoms with Crippen LogP contribution in [0.2, 0.25) is 5.02 Å². The fraction of sp³-hybridized carbons (Fsp3) is 0.235. The van der Waals surface area contributed by atoms with Crippen LogP contribution < -0.4 is 10.6 Å². The van der Waals surface area contributed by atoms with E-state index in [4.69, 9.17) is 11.6 Å². The number of anilines is 3. The molecular formula is C17H17ClN2O. The summed E-state index contributed by atoms with van der Waals surface area (Å²) in [6.45, 7) is 0. The molecule has 4 heteroatoms. The molecule has 3 nitrogen and oxygen atoms in total. The van der Waals surface area contributed by atoms with Gasteiger partial charge in [0.05, 0.1) is 0 Å². The fourth-order valence-corrected chi connectivity index (χ4v) is 2.47. The van der Waals surface area contributed by atoms with Gasteiger partial charge in [0, 0.05) is 28.0 Å². The second kappa shape index (κ2) is 6.19. The Balaban J connectivity index is 1.62. The molecule has 108 valence electrons. The highest BCUT2D eigenvalue weighted by atomic mass is 35.5. The van der Waals surface area contributed by atoms with Crippen molar-refractivity contribution in [1.82, 2.24) is 0 Å². The SMILES string of the molecule is O=C(Nc1ccc(Nc2cccc(Cl)c2)cc1)C1CCC1. The van der Waals surface area contributed by atoms with Gasteiger partial charge in [-0.25, -0.2) is 0 Å². The van der Waals surface area contributed by atoms with Crippen LogP contribution in [0.25, 0.3) is 0 Å². The summed E-state index contributed by atoms with van der Waals surface area (Å²) in [5, 5.41) is 6.93. The summed E-state index contributed by atoms with van der Waals surface area (Å²) in [7, 11) is 0. The van der Waals surface area contributed by atoms with Gasteiger partial charge in [0.2, 0.25) is 5.91 Å². The molecule has 0 atom stereocenters. The summed E-state index contributed by atoms with van der Waals surface area (Å²) in [6.07, 6.45) is 3.20. The number of rotatable bonds is 4. The molecule has 0 unspecified atom stereocenters. The first kappa shape index (κ1) is 14.0. The standard InChI is InChI=1S/C17H17ClN2O/c18-13-5-2-6-16(11-13)19-14-7-9-15(10-8-14)20-17(21)12-3-1-4-12/h2,5-12,19H,1,3-4H2,(H,20,21). The van der Waals surface area contributed by atoms with Crippen LogP contribution in [0.4, 0.5) is 17.1 Å². The second-order valence-corrected chi connectivity index (χ2v) is 5.77. The van der Waals surface area contributed by atoms with Crippen molar-refractivity contribution in [2.45, 2.75) is 19.3 Å². The van der Waals surface area contributed by atoms with Gasteiger partial charge in [0.15, 0.2) is 0 Å². The Morgan fingerprint density at radius 1 is 1.00 bits per heavy atom. The Labute approximate surface area is 129 Å². The Bertz CT molecular complexity index is 635. The van der Waals surface area contributed by atoms with Crippen molar-refractivity contribution in [3.63, 3.8) is 0 Å². The predicted octanol–water partition coefficient (Wildman–Crippen LogP) is 4.82. The van der Waals surface area contributed by atoms with Gasteiger partial charge in [-0.15, -0.1) is 0 Å². The zero-order valence-corrected chi connectivity index (χ0v) is 12.4. The molecule has 2 aromatic rings. The molecule has 0 saturated heterocycles. The van der Waals surface area contributed by atoms with E-state index in [1.54, 1.807) is 0 Å². The maximum absolute atomic E-state index is 11.9. The first-order valence-corrected chi connectivity index (χ1v) is 7.52. The molecule has 1 fully saturated rings. The number of hydrogen-bond donors (Lipinski definition) is 2. The second-order valence-electron chi connectivity index (χ2n) is 5.33. The normalized spacial score (nSPS) is 14.3. The highest BCUT2D eigenvalue weighted by molar-refractivity contribution is 6.30. The van der Waals surface area contributed by atoms with Gasteiger partial charge in [-0.1, -0.05) is 24.1 Å². The van der Waals surface area contributed by atoms with E-state index in [1.165, 1.54) is 6.42 Å². The molecule has 1 amide bonds. The van der Waals surface area contributed by atoms with E-state index in [1.807, 2.05) is 48.5 Å². The molecule has 2 aromatic carbocycles. The molecule has 2 N–H and O–H groups in total. The Morgan fingerprint density at radius 2 is 1.71 bits per heavy atom. The largest absolute Gasteiger partial charge is 0.355 e. The molecule has 0 spiro atoms. The molecular weight excluding hydrogens is 284 g/mol. The Hall–Kier alpha value is -2.00. The minimum Gasteiger partial charge on any atom is -0.355 e. The van der Waals surface area contributed by atoms with Gasteiger partial charge in [0.25, 0.3) is 0 Å². The summed E-state index contributed by atoms with van der Waals surface area (Å²) < 4.78 is 0. The number of nitrogens with one attached hydrogen (secondary N) is 2. The highest BCUT2D eigenvalue weighted by Gasteiger charge is 2.24. The molecule has 21 heavy (non-hydrogen) atoms. The van der Waals surface area contributed by atoms with Crippen molar-refractivity contribution < 1.29 is 4.79 Å². The number of hydrogen-bond acceptors (Lipinski definition) is 2. The number of carbonyl (C=O) groups excluding carboxylic acids is 1. The van der Waals surface area contributed by atoms with Crippen LogP contribution >= 0.6 is 11.6 Å². The lowest BCUT2D eigenvalue weighted by Gasteiger charge is -2.24. The maximum atomic E-state index is 11.9. The van der Waals surface area contributed by atoms with Gasteiger partial charge in [-0.05, 0) is 55.3 Å².